The molecule has 3 aliphatic rings. The molecule has 0 saturated carbocycles. The second-order valence-electron chi connectivity index (χ2n) is 10.7. The zero-order valence-electron chi connectivity index (χ0n) is 21.5. The Morgan fingerprint density at radius 2 is 1.82 bits per heavy atom. The molecule has 1 unspecified atom stereocenters. The highest BCUT2D eigenvalue weighted by molar-refractivity contribution is 5.92. The summed E-state index contributed by atoms with van der Waals surface area (Å²) in [5, 5.41) is 16.3. The number of nitrogens with one attached hydrogen (secondary N) is 3. The number of fused-ring (bicyclic) bond motifs is 3. The number of carbonyl (C=O) groups is 4. The van der Waals surface area contributed by atoms with Crippen molar-refractivity contribution in [3.05, 3.63) is 12.2 Å². The number of ether oxygens (including phenoxy) is 1. The number of halogens is 5. The standard InChI is InChI=1S/C24H30F5N5O5/c1-22(2)5-4-6-23(25,26)16-8-12(18(35)32-16)7-14(10-30)31-19(36)15-9-13(24(27,28)29)11-34(15)20(37)17(22)33-21(38)39-3/h4,6,12-17H,5,7-9,11H2,1-3H3,(H,31,36)(H,32,35)(H,33,38)/b6-4+/t12?,13-,14+,15+,16+,17-/m1/s1. The Labute approximate surface area is 221 Å². The first-order valence-electron chi connectivity index (χ1n) is 12.3. The summed E-state index contributed by atoms with van der Waals surface area (Å²) in [4.78, 5) is 51.9. The van der Waals surface area contributed by atoms with Crippen molar-refractivity contribution in [2.45, 2.75) is 75.8 Å². The molecule has 0 spiro atoms. The van der Waals surface area contributed by atoms with E-state index >= 15 is 0 Å². The van der Waals surface area contributed by atoms with Crippen molar-refractivity contribution < 1.29 is 45.9 Å². The quantitative estimate of drug-likeness (QED) is 0.329. The van der Waals surface area contributed by atoms with Crippen LogP contribution in [0.5, 0.6) is 0 Å². The first-order valence-corrected chi connectivity index (χ1v) is 12.3. The molecule has 0 aliphatic carbocycles. The van der Waals surface area contributed by atoms with Crippen LogP contribution in [0.15, 0.2) is 12.2 Å². The highest BCUT2D eigenvalue weighted by Crippen LogP contribution is 2.39. The molecule has 3 aliphatic heterocycles. The largest absolute Gasteiger partial charge is 0.453 e. The highest BCUT2D eigenvalue weighted by Gasteiger charge is 2.54. The van der Waals surface area contributed by atoms with Gasteiger partial charge < -0.3 is 25.6 Å². The number of hydrogen-bond acceptors (Lipinski definition) is 6. The van der Waals surface area contributed by atoms with E-state index in [1.54, 1.807) is 6.07 Å². The van der Waals surface area contributed by atoms with Gasteiger partial charge in [-0.3, -0.25) is 14.4 Å². The van der Waals surface area contributed by atoms with Crippen LogP contribution in [0.25, 0.3) is 0 Å². The van der Waals surface area contributed by atoms with E-state index in [1.807, 2.05) is 0 Å². The minimum atomic E-state index is -4.76. The van der Waals surface area contributed by atoms with Gasteiger partial charge in [-0.1, -0.05) is 19.9 Å². The number of alkyl carbamates (subject to hydrolysis) is 1. The summed E-state index contributed by atoms with van der Waals surface area (Å²) in [7, 11) is 1.000. The van der Waals surface area contributed by atoms with Crippen molar-refractivity contribution in [3.8, 4) is 6.07 Å². The van der Waals surface area contributed by atoms with Crippen LogP contribution in [-0.4, -0.2) is 78.6 Å². The lowest BCUT2D eigenvalue weighted by Gasteiger charge is -2.37. The maximum atomic E-state index is 14.9. The van der Waals surface area contributed by atoms with Crippen molar-refractivity contribution in [2.24, 2.45) is 17.3 Å². The molecular formula is C24H30F5N5O5. The van der Waals surface area contributed by atoms with Crippen LogP contribution in [0, 0.1) is 28.6 Å². The van der Waals surface area contributed by atoms with E-state index in [0.717, 1.165) is 13.2 Å². The molecule has 15 heteroatoms. The van der Waals surface area contributed by atoms with E-state index in [4.69, 9.17) is 0 Å². The maximum absolute atomic E-state index is 14.9. The van der Waals surface area contributed by atoms with E-state index in [2.05, 4.69) is 20.7 Å². The molecule has 39 heavy (non-hydrogen) atoms. The van der Waals surface area contributed by atoms with Crippen molar-refractivity contribution in [2.75, 3.05) is 13.7 Å². The second kappa shape index (κ2) is 11.0. The predicted molar refractivity (Wildman–Crippen MR) is 124 cm³/mol. The molecule has 0 aromatic carbocycles. The van der Waals surface area contributed by atoms with Crippen LogP contribution in [-0.2, 0) is 19.1 Å². The zero-order valence-corrected chi connectivity index (χ0v) is 21.5. The van der Waals surface area contributed by atoms with Gasteiger partial charge in [-0.15, -0.1) is 0 Å². The van der Waals surface area contributed by atoms with Crippen LogP contribution in [0.4, 0.5) is 26.7 Å². The maximum Gasteiger partial charge on any atom is 0.407 e. The summed E-state index contributed by atoms with van der Waals surface area (Å²) in [5.41, 5.74) is -1.34. The van der Waals surface area contributed by atoms with Crippen LogP contribution in [0.1, 0.15) is 39.5 Å². The number of amides is 4. The van der Waals surface area contributed by atoms with E-state index in [-0.39, 0.29) is 19.3 Å². The number of hydrogen-bond donors (Lipinski definition) is 3. The Hall–Kier alpha value is -3.44. The highest BCUT2D eigenvalue weighted by atomic mass is 19.4. The van der Waals surface area contributed by atoms with Gasteiger partial charge in [0, 0.05) is 12.5 Å². The molecule has 10 nitrogen and oxygen atoms in total. The topological polar surface area (TPSA) is 141 Å². The van der Waals surface area contributed by atoms with Crippen LogP contribution in [0.3, 0.4) is 0 Å². The van der Waals surface area contributed by atoms with Crippen LogP contribution < -0.4 is 16.0 Å². The molecule has 6 atom stereocenters. The van der Waals surface area contributed by atoms with Gasteiger partial charge in [0.1, 0.15) is 18.1 Å². The lowest BCUT2D eigenvalue weighted by atomic mass is 9.80. The van der Waals surface area contributed by atoms with Gasteiger partial charge in [-0.2, -0.15) is 27.2 Å². The molecule has 3 heterocycles. The van der Waals surface area contributed by atoms with Crippen molar-refractivity contribution >= 4 is 23.8 Å². The number of methoxy groups -OCH3 is 1. The van der Waals surface area contributed by atoms with E-state index in [0.29, 0.717) is 11.0 Å². The molecule has 0 aromatic rings. The molecule has 2 saturated heterocycles. The molecular weight excluding hydrogens is 533 g/mol. The number of rotatable bonds is 1. The lowest BCUT2D eigenvalue weighted by molar-refractivity contribution is -0.171. The average Bonchev–Trinajstić information content (AvgIpc) is 3.45. The molecule has 4 amide bonds. The average molecular weight is 564 g/mol. The normalized spacial score (nSPS) is 33.8. The molecule has 3 rings (SSSR count). The van der Waals surface area contributed by atoms with E-state index in [9.17, 15) is 46.4 Å². The molecule has 0 aromatic heterocycles. The van der Waals surface area contributed by atoms with Gasteiger partial charge in [0.25, 0.3) is 5.92 Å². The monoisotopic (exact) mass is 563 g/mol. The number of carbonyl (C=O) groups excluding carboxylic acids is 4. The fourth-order valence-corrected chi connectivity index (χ4v) is 5.15. The van der Waals surface area contributed by atoms with E-state index in [1.165, 1.54) is 13.8 Å². The van der Waals surface area contributed by atoms with Crippen LogP contribution >= 0.6 is 0 Å². The van der Waals surface area contributed by atoms with Gasteiger partial charge in [0.2, 0.25) is 17.7 Å². The van der Waals surface area contributed by atoms with Crippen molar-refractivity contribution in [3.63, 3.8) is 0 Å². The fourth-order valence-electron chi connectivity index (χ4n) is 5.15. The third-order valence-corrected chi connectivity index (χ3v) is 7.47. The van der Waals surface area contributed by atoms with Crippen molar-refractivity contribution in [1.29, 1.82) is 5.26 Å². The third-order valence-electron chi connectivity index (χ3n) is 7.47. The smallest absolute Gasteiger partial charge is 0.407 e. The number of alkyl halides is 5. The minimum absolute atomic E-state index is 0.239. The first-order chi connectivity index (χ1) is 18.0. The number of nitrogens with zero attached hydrogens (tertiary/aromatic N) is 2. The van der Waals surface area contributed by atoms with Gasteiger partial charge in [-0.25, -0.2) is 4.79 Å². The molecule has 216 valence electrons. The van der Waals surface area contributed by atoms with Crippen molar-refractivity contribution in [1.82, 2.24) is 20.9 Å². The fraction of sp³-hybridized carbons (Fsp3) is 0.708. The summed E-state index contributed by atoms with van der Waals surface area (Å²) >= 11 is 0. The Bertz CT molecular complexity index is 1070. The zero-order chi connectivity index (χ0) is 29.3. The molecule has 3 N–H and O–H groups in total. The minimum Gasteiger partial charge on any atom is -0.453 e. The Balaban J connectivity index is 2.07. The lowest BCUT2D eigenvalue weighted by Crippen LogP contribution is -2.58. The molecule has 0 radical (unpaired) electrons. The number of allylic oxidation sites excluding steroid dienone is 1. The summed E-state index contributed by atoms with van der Waals surface area (Å²) in [5.74, 6) is -9.50. The summed E-state index contributed by atoms with van der Waals surface area (Å²) < 4.78 is 75.5. The predicted octanol–water partition coefficient (Wildman–Crippen LogP) is 2.01. The summed E-state index contributed by atoms with van der Waals surface area (Å²) in [6.07, 6.45) is -5.95. The SMILES string of the molecule is COC(=O)N[C@@H]1C(=O)N2C[C@H](C(F)(F)F)C[C@H]2C(=O)N[C@H](C#N)CC2C[C@H](NC2=O)C(F)(F)/C=C/CC1(C)C. The Kier molecular flexibility index (Phi) is 8.47. The van der Waals surface area contributed by atoms with Crippen LogP contribution in [0.2, 0.25) is 0 Å². The van der Waals surface area contributed by atoms with Gasteiger partial charge >= 0.3 is 12.3 Å². The molecule has 2 fully saturated rings. The Morgan fingerprint density at radius 1 is 1.15 bits per heavy atom. The van der Waals surface area contributed by atoms with Gasteiger partial charge in [0.15, 0.2) is 0 Å². The van der Waals surface area contributed by atoms with Gasteiger partial charge in [-0.05, 0) is 37.2 Å². The molecule has 2 bridgehead atoms. The first kappa shape index (κ1) is 30.1. The van der Waals surface area contributed by atoms with Gasteiger partial charge in [0.05, 0.1) is 25.1 Å². The van der Waals surface area contributed by atoms with E-state index < -0.39 is 90.3 Å². The summed E-state index contributed by atoms with van der Waals surface area (Å²) in [6, 6.07) is -4.47. The third kappa shape index (κ3) is 6.59. The Morgan fingerprint density at radius 3 is 2.41 bits per heavy atom. The number of nitriles is 1. The second-order valence-corrected chi connectivity index (χ2v) is 10.7. The summed E-state index contributed by atoms with van der Waals surface area (Å²) in [6.45, 7) is 1.97.